The SMILES string of the molecule is O=C(c1ccccc1)C1C(c2ccc([N+](=O)[O-])cc2)C2CCCN2C12C(=O)Nc1ccccc12. The van der Waals surface area contributed by atoms with Crippen LogP contribution in [-0.4, -0.2) is 34.1 Å². The Labute approximate surface area is 196 Å². The van der Waals surface area contributed by atoms with Crippen molar-refractivity contribution in [3.63, 3.8) is 0 Å². The number of ketones is 1. The minimum absolute atomic E-state index is 0.00892. The topological polar surface area (TPSA) is 92.5 Å². The molecular formula is C27H23N3O4. The van der Waals surface area contributed by atoms with Crippen molar-refractivity contribution in [2.45, 2.75) is 30.3 Å². The van der Waals surface area contributed by atoms with Gasteiger partial charge in [0.2, 0.25) is 5.91 Å². The minimum Gasteiger partial charge on any atom is -0.324 e. The zero-order chi connectivity index (χ0) is 23.4. The normalized spacial score (nSPS) is 27.4. The summed E-state index contributed by atoms with van der Waals surface area (Å²) in [6.45, 7) is 0.717. The standard InChI is InChI=1S/C27H23N3O4/c31-25(18-7-2-1-3-8-18)24-23(17-12-14-19(15-13-17)30(33)34)22-11-6-16-29(22)27(24)20-9-4-5-10-21(20)28-26(27)32/h1-5,7-10,12-15,22-24H,6,11,16H2,(H,28,32). The molecule has 2 fully saturated rings. The number of nitrogens with one attached hydrogen (secondary N) is 1. The summed E-state index contributed by atoms with van der Waals surface area (Å²) in [5.41, 5.74) is 1.90. The Morgan fingerprint density at radius 3 is 2.44 bits per heavy atom. The van der Waals surface area contributed by atoms with Crippen molar-refractivity contribution in [1.29, 1.82) is 0 Å². The van der Waals surface area contributed by atoms with Crippen LogP contribution in [0.25, 0.3) is 0 Å². The molecule has 3 aliphatic rings. The number of hydrogen-bond donors (Lipinski definition) is 1. The number of para-hydroxylation sites is 1. The molecule has 1 amide bonds. The average Bonchev–Trinajstić information content (AvgIpc) is 3.52. The second kappa shape index (κ2) is 7.60. The summed E-state index contributed by atoms with van der Waals surface area (Å²) in [6, 6.07) is 23.2. The van der Waals surface area contributed by atoms with Crippen LogP contribution in [0.5, 0.6) is 0 Å². The van der Waals surface area contributed by atoms with E-state index >= 15 is 0 Å². The fourth-order valence-electron chi connectivity index (χ4n) is 6.49. The van der Waals surface area contributed by atoms with Gasteiger partial charge in [0.1, 0.15) is 5.54 Å². The summed E-state index contributed by atoms with van der Waals surface area (Å²) in [6.07, 6.45) is 1.79. The highest BCUT2D eigenvalue weighted by atomic mass is 16.6. The molecule has 34 heavy (non-hydrogen) atoms. The maximum absolute atomic E-state index is 14.2. The Bertz CT molecular complexity index is 1310. The average molecular weight is 453 g/mol. The van der Waals surface area contributed by atoms with Crippen LogP contribution in [0.4, 0.5) is 11.4 Å². The number of nitrogens with zero attached hydrogens (tertiary/aromatic N) is 2. The molecule has 4 atom stereocenters. The van der Waals surface area contributed by atoms with Gasteiger partial charge in [0.15, 0.2) is 5.78 Å². The van der Waals surface area contributed by atoms with Gasteiger partial charge in [-0.2, -0.15) is 0 Å². The molecular weight excluding hydrogens is 430 g/mol. The lowest BCUT2D eigenvalue weighted by Crippen LogP contribution is -2.52. The first-order valence-corrected chi connectivity index (χ1v) is 11.5. The van der Waals surface area contributed by atoms with E-state index in [1.54, 1.807) is 24.3 Å². The third kappa shape index (κ3) is 2.73. The van der Waals surface area contributed by atoms with Crippen LogP contribution in [0.1, 0.15) is 40.2 Å². The van der Waals surface area contributed by atoms with E-state index in [0.29, 0.717) is 12.1 Å². The van der Waals surface area contributed by atoms with Crippen LogP contribution >= 0.6 is 0 Å². The molecule has 0 aliphatic carbocycles. The molecule has 3 aromatic carbocycles. The number of nitro benzene ring substituents is 1. The van der Waals surface area contributed by atoms with E-state index in [2.05, 4.69) is 10.2 Å². The number of fused-ring (bicyclic) bond motifs is 4. The fourth-order valence-corrected chi connectivity index (χ4v) is 6.49. The van der Waals surface area contributed by atoms with Gasteiger partial charge >= 0.3 is 0 Å². The lowest BCUT2D eigenvalue weighted by molar-refractivity contribution is -0.384. The highest BCUT2D eigenvalue weighted by Crippen LogP contribution is 2.61. The first-order chi connectivity index (χ1) is 16.5. The molecule has 4 unspecified atom stereocenters. The Balaban J connectivity index is 1.59. The molecule has 1 N–H and O–H groups in total. The maximum atomic E-state index is 14.2. The number of carbonyl (C=O) groups is 2. The van der Waals surface area contributed by atoms with Crippen molar-refractivity contribution in [3.8, 4) is 0 Å². The highest BCUT2D eigenvalue weighted by Gasteiger charge is 2.69. The third-order valence-electron chi connectivity index (χ3n) is 7.74. The molecule has 2 saturated heterocycles. The van der Waals surface area contributed by atoms with Crippen LogP contribution < -0.4 is 5.32 Å². The number of carbonyl (C=O) groups excluding carboxylic acids is 2. The molecule has 6 rings (SSSR count). The van der Waals surface area contributed by atoms with E-state index < -0.39 is 16.4 Å². The highest BCUT2D eigenvalue weighted by molar-refractivity contribution is 6.12. The number of amides is 1. The summed E-state index contributed by atoms with van der Waals surface area (Å²) < 4.78 is 0. The Morgan fingerprint density at radius 1 is 1.00 bits per heavy atom. The number of rotatable bonds is 4. The van der Waals surface area contributed by atoms with Crippen molar-refractivity contribution < 1.29 is 14.5 Å². The summed E-state index contributed by atoms with van der Waals surface area (Å²) in [7, 11) is 0. The molecule has 1 spiro atoms. The molecule has 3 aromatic rings. The minimum atomic E-state index is -1.11. The van der Waals surface area contributed by atoms with Gasteiger partial charge in [-0.15, -0.1) is 0 Å². The van der Waals surface area contributed by atoms with Crippen LogP contribution in [-0.2, 0) is 10.3 Å². The van der Waals surface area contributed by atoms with E-state index in [1.807, 2.05) is 42.5 Å². The number of hydrogen-bond acceptors (Lipinski definition) is 5. The molecule has 170 valence electrons. The maximum Gasteiger partial charge on any atom is 0.269 e. The quantitative estimate of drug-likeness (QED) is 0.357. The summed E-state index contributed by atoms with van der Waals surface area (Å²) in [5, 5.41) is 14.3. The molecule has 7 heteroatoms. The zero-order valence-corrected chi connectivity index (χ0v) is 18.4. The Morgan fingerprint density at radius 2 is 1.71 bits per heavy atom. The lowest BCUT2D eigenvalue weighted by atomic mass is 9.69. The molecule has 0 radical (unpaired) electrons. The smallest absolute Gasteiger partial charge is 0.269 e. The van der Waals surface area contributed by atoms with Gasteiger partial charge in [-0.05, 0) is 31.0 Å². The number of anilines is 1. The molecule has 3 heterocycles. The first-order valence-electron chi connectivity index (χ1n) is 11.5. The molecule has 0 saturated carbocycles. The van der Waals surface area contributed by atoms with E-state index in [1.165, 1.54) is 12.1 Å². The molecule has 3 aliphatic heterocycles. The van der Waals surface area contributed by atoms with E-state index in [-0.39, 0.29) is 29.3 Å². The fraction of sp³-hybridized carbons (Fsp3) is 0.259. The van der Waals surface area contributed by atoms with Crippen molar-refractivity contribution in [2.75, 3.05) is 11.9 Å². The first kappa shape index (κ1) is 20.7. The van der Waals surface area contributed by atoms with Gasteiger partial charge < -0.3 is 5.32 Å². The van der Waals surface area contributed by atoms with E-state index in [4.69, 9.17) is 0 Å². The third-order valence-corrected chi connectivity index (χ3v) is 7.74. The summed E-state index contributed by atoms with van der Waals surface area (Å²) in [5.74, 6) is -1.18. The monoisotopic (exact) mass is 453 g/mol. The van der Waals surface area contributed by atoms with Crippen LogP contribution in [0.3, 0.4) is 0 Å². The van der Waals surface area contributed by atoms with Gasteiger partial charge in [0.25, 0.3) is 5.69 Å². The number of non-ortho nitro benzene ring substituents is 1. The van der Waals surface area contributed by atoms with Crippen molar-refractivity contribution >= 4 is 23.1 Å². The van der Waals surface area contributed by atoms with Gasteiger partial charge in [-0.3, -0.25) is 24.6 Å². The number of benzene rings is 3. The van der Waals surface area contributed by atoms with Gasteiger partial charge in [-0.25, -0.2) is 0 Å². The van der Waals surface area contributed by atoms with Crippen LogP contribution in [0.2, 0.25) is 0 Å². The number of nitro groups is 1. The summed E-state index contributed by atoms with van der Waals surface area (Å²) in [4.78, 5) is 41.2. The van der Waals surface area contributed by atoms with Crippen LogP contribution in [0, 0.1) is 16.0 Å². The zero-order valence-electron chi connectivity index (χ0n) is 18.4. The predicted octanol–water partition coefficient (Wildman–Crippen LogP) is 4.50. The predicted molar refractivity (Wildman–Crippen MR) is 127 cm³/mol. The van der Waals surface area contributed by atoms with Crippen molar-refractivity contribution in [2.24, 2.45) is 5.92 Å². The molecule has 7 nitrogen and oxygen atoms in total. The molecule has 0 aromatic heterocycles. The van der Waals surface area contributed by atoms with E-state index in [0.717, 1.165) is 29.7 Å². The largest absolute Gasteiger partial charge is 0.324 e. The summed E-state index contributed by atoms with van der Waals surface area (Å²) >= 11 is 0. The Hall–Kier alpha value is -3.84. The lowest BCUT2D eigenvalue weighted by Gasteiger charge is -2.36. The van der Waals surface area contributed by atoms with Gasteiger partial charge in [0, 0.05) is 40.9 Å². The van der Waals surface area contributed by atoms with Gasteiger partial charge in [0.05, 0.1) is 10.8 Å². The Kier molecular flexibility index (Phi) is 4.64. The van der Waals surface area contributed by atoms with Crippen LogP contribution in [0.15, 0.2) is 78.9 Å². The second-order valence-electron chi connectivity index (χ2n) is 9.25. The van der Waals surface area contributed by atoms with Crippen molar-refractivity contribution in [3.05, 3.63) is 106 Å². The molecule has 0 bridgehead atoms. The van der Waals surface area contributed by atoms with E-state index in [9.17, 15) is 19.7 Å². The number of Topliss-reactive ketones (excluding diaryl/α,β-unsaturated/α-hetero) is 1. The second-order valence-corrected chi connectivity index (χ2v) is 9.25. The van der Waals surface area contributed by atoms with Crippen molar-refractivity contribution in [1.82, 2.24) is 4.90 Å². The van der Waals surface area contributed by atoms with Gasteiger partial charge in [-0.1, -0.05) is 60.7 Å².